The number of nitrogens with one attached hydrogen (secondary N) is 1. The van der Waals surface area contributed by atoms with Gasteiger partial charge < -0.3 is 5.32 Å². The Morgan fingerprint density at radius 2 is 2.06 bits per heavy atom. The van der Waals surface area contributed by atoms with E-state index < -0.39 is 0 Å². The zero-order valence-electron chi connectivity index (χ0n) is 9.81. The molecule has 2 rings (SSSR count). The van der Waals surface area contributed by atoms with Crippen molar-refractivity contribution in [2.45, 2.75) is 13.5 Å². The van der Waals surface area contributed by atoms with Gasteiger partial charge in [-0.2, -0.15) is 0 Å². The molecule has 0 aliphatic rings. The zero-order chi connectivity index (χ0) is 13.1. The minimum absolute atomic E-state index is 0.317. The summed E-state index contributed by atoms with van der Waals surface area (Å²) in [7, 11) is 0. The van der Waals surface area contributed by atoms with Crippen LogP contribution in [0.5, 0.6) is 0 Å². The first-order valence-corrected chi connectivity index (χ1v) is 6.67. The van der Waals surface area contributed by atoms with E-state index >= 15 is 0 Å². The molecular formula is C14H12BrClFN. The van der Waals surface area contributed by atoms with Crippen LogP contribution in [0.4, 0.5) is 10.1 Å². The lowest BCUT2D eigenvalue weighted by molar-refractivity contribution is 0.626. The molecule has 18 heavy (non-hydrogen) atoms. The molecule has 0 radical (unpaired) electrons. The molecule has 0 fully saturated rings. The molecule has 0 bridgehead atoms. The Balaban J connectivity index is 2.14. The van der Waals surface area contributed by atoms with Crippen molar-refractivity contribution in [2.24, 2.45) is 0 Å². The van der Waals surface area contributed by atoms with Crippen molar-refractivity contribution in [2.75, 3.05) is 5.32 Å². The SMILES string of the molecule is Cc1cccc(NCc2cc(F)cc(Cl)c2)c1Br. The van der Waals surface area contributed by atoms with Gasteiger partial charge in [0, 0.05) is 21.7 Å². The maximum atomic E-state index is 13.2. The molecule has 0 saturated carbocycles. The molecule has 0 atom stereocenters. The number of hydrogen-bond donors (Lipinski definition) is 1. The third kappa shape index (κ3) is 3.24. The Hall–Kier alpha value is -1.06. The Kier molecular flexibility index (Phi) is 4.25. The van der Waals surface area contributed by atoms with E-state index in [0.717, 1.165) is 21.3 Å². The van der Waals surface area contributed by atoms with E-state index in [4.69, 9.17) is 11.6 Å². The van der Waals surface area contributed by atoms with Gasteiger partial charge in [0.15, 0.2) is 0 Å². The highest BCUT2D eigenvalue weighted by molar-refractivity contribution is 9.10. The van der Waals surface area contributed by atoms with Gasteiger partial charge in [-0.3, -0.25) is 0 Å². The van der Waals surface area contributed by atoms with Gasteiger partial charge in [-0.1, -0.05) is 23.7 Å². The van der Waals surface area contributed by atoms with Crippen LogP contribution < -0.4 is 5.32 Å². The van der Waals surface area contributed by atoms with Gasteiger partial charge in [-0.15, -0.1) is 0 Å². The summed E-state index contributed by atoms with van der Waals surface area (Å²) in [4.78, 5) is 0. The smallest absolute Gasteiger partial charge is 0.125 e. The Labute approximate surface area is 119 Å². The molecule has 0 unspecified atom stereocenters. The van der Waals surface area contributed by atoms with Gasteiger partial charge in [-0.25, -0.2) is 4.39 Å². The number of halogens is 3. The molecule has 0 amide bonds. The average Bonchev–Trinajstić information content (AvgIpc) is 2.30. The molecule has 94 valence electrons. The molecule has 2 aromatic carbocycles. The highest BCUT2D eigenvalue weighted by Crippen LogP contribution is 2.26. The normalized spacial score (nSPS) is 10.4. The van der Waals surface area contributed by atoms with Crippen LogP contribution in [-0.2, 0) is 6.54 Å². The van der Waals surface area contributed by atoms with Crippen LogP contribution in [0.25, 0.3) is 0 Å². The number of anilines is 1. The van der Waals surface area contributed by atoms with Crippen LogP contribution in [0.1, 0.15) is 11.1 Å². The van der Waals surface area contributed by atoms with Crippen LogP contribution in [-0.4, -0.2) is 0 Å². The van der Waals surface area contributed by atoms with E-state index in [1.165, 1.54) is 12.1 Å². The predicted molar refractivity (Wildman–Crippen MR) is 77.6 cm³/mol. The summed E-state index contributed by atoms with van der Waals surface area (Å²) >= 11 is 9.33. The highest BCUT2D eigenvalue weighted by atomic mass is 79.9. The maximum absolute atomic E-state index is 13.2. The zero-order valence-corrected chi connectivity index (χ0v) is 12.1. The largest absolute Gasteiger partial charge is 0.380 e. The molecule has 0 heterocycles. The van der Waals surface area contributed by atoms with Crippen molar-refractivity contribution >= 4 is 33.2 Å². The van der Waals surface area contributed by atoms with Crippen LogP contribution in [0.3, 0.4) is 0 Å². The van der Waals surface area contributed by atoms with Crippen molar-refractivity contribution < 1.29 is 4.39 Å². The second kappa shape index (κ2) is 5.72. The second-order valence-corrected chi connectivity index (χ2v) is 5.30. The van der Waals surface area contributed by atoms with Crippen molar-refractivity contribution in [1.29, 1.82) is 0 Å². The molecule has 0 aliphatic carbocycles. The fourth-order valence-electron chi connectivity index (χ4n) is 1.69. The average molecular weight is 329 g/mol. The van der Waals surface area contributed by atoms with Gasteiger partial charge in [0.2, 0.25) is 0 Å². The fourth-order valence-corrected chi connectivity index (χ4v) is 2.34. The predicted octanol–water partition coefficient (Wildman–Crippen LogP) is 5.16. The van der Waals surface area contributed by atoms with Crippen LogP contribution in [0, 0.1) is 12.7 Å². The maximum Gasteiger partial charge on any atom is 0.125 e. The molecule has 0 aromatic heterocycles. The highest BCUT2D eigenvalue weighted by Gasteiger charge is 2.03. The number of hydrogen-bond acceptors (Lipinski definition) is 1. The van der Waals surface area contributed by atoms with E-state index in [1.807, 2.05) is 25.1 Å². The lowest BCUT2D eigenvalue weighted by atomic mass is 10.2. The molecule has 1 nitrogen and oxygen atoms in total. The lowest BCUT2D eigenvalue weighted by Crippen LogP contribution is -2.01. The summed E-state index contributed by atoms with van der Waals surface area (Å²) in [5.74, 6) is -0.317. The van der Waals surface area contributed by atoms with Crippen molar-refractivity contribution in [3.8, 4) is 0 Å². The number of aryl methyl sites for hydroxylation is 1. The van der Waals surface area contributed by atoms with Gasteiger partial charge in [0.05, 0.1) is 0 Å². The van der Waals surface area contributed by atoms with Crippen molar-refractivity contribution in [3.05, 3.63) is 62.8 Å². The van der Waals surface area contributed by atoms with Crippen LogP contribution in [0.2, 0.25) is 5.02 Å². The van der Waals surface area contributed by atoms with Crippen LogP contribution in [0.15, 0.2) is 40.9 Å². The minimum Gasteiger partial charge on any atom is -0.380 e. The summed E-state index contributed by atoms with van der Waals surface area (Å²) in [6, 6.07) is 10.5. The van der Waals surface area contributed by atoms with Gasteiger partial charge >= 0.3 is 0 Å². The quantitative estimate of drug-likeness (QED) is 0.820. The first-order chi connectivity index (χ1) is 8.56. The Bertz CT molecular complexity index is 551. The second-order valence-electron chi connectivity index (χ2n) is 4.07. The number of rotatable bonds is 3. The summed E-state index contributed by atoms with van der Waals surface area (Å²) in [5.41, 5.74) is 2.95. The summed E-state index contributed by atoms with van der Waals surface area (Å²) < 4.78 is 14.2. The summed E-state index contributed by atoms with van der Waals surface area (Å²) in [5, 5.41) is 3.66. The fraction of sp³-hybridized carbons (Fsp3) is 0.143. The van der Waals surface area contributed by atoms with E-state index in [-0.39, 0.29) is 5.82 Å². The molecule has 2 aromatic rings. The Morgan fingerprint density at radius 1 is 1.28 bits per heavy atom. The van der Waals surface area contributed by atoms with E-state index in [2.05, 4.69) is 21.2 Å². The van der Waals surface area contributed by atoms with Gasteiger partial charge in [0.25, 0.3) is 0 Å². The standard InChI is InChI=1S/C14H12BrClFN/c1-9-3-2-4-13(14(9)15)18-8-10-5-11(16)7-12(17)6-10/h2-7,18H,8H2,1H3. The number of benzene rings is 2. The third-order valence-corrected chi connectivity index (χ3v) is 3.87. The molecule has 0 saturated heterocycles. The summed E-state index contributed by atoms with van der Waals surface area (Å²) in [6.45, 7) is 2.55. The van der Waals surface area contributed by atoms with Crippen LogP contribution >= 0.6 is 27.5 Å². The molecule has 1 N–H and O–H groups in total. The van der Waals surface area contributed by atoms with E-state index in [9.17, 15) is 4.39 Å². The summed E-state index contributed by atoms with van der Waals surface area (Å²) in [6.07, 6.45) is 0. The lowest BCUT2D eigenvalue weighted by Gasteiger charge is -2.10. The molecule has 4 heteroatoms. The first kappa shape index (κ1) is 13.4. The monoisotopic (exact) mass is 327 g/mol. The van der Waals surface area contributed by atoms with E-state index in [0.29, 0.717) is 11.6 Å². The molecular weight excluding hydrogens is 317 g/mol. The third-order valence-electron chi connectivity index (χ3n) is 2.60. The van der Waals surface area contributed by atoms with E-state index in [1.54, 1.807) is 6.07 Å². The topological polar surface area (TPSA) is 12.0 Å². The Morgan fingerprint density at radius 3 is 2.78 bits per heavy atom. The van der Waals surface area contributed by atoms with Gasteiger partial charge in [-0.05, 0) is 58.2 Å². The molecule has 0 spiro atoms. The van der Waals surface area contributed by atoms with Crippen molar-refractivity contribution in [1.82, 2.24) is 0 Å². The van der Waals surface area contributed by atoms with Gasteiger partial charge in [0.1, 0.15) is 5.82 Å². The first-order valence-electron chi connectivity index (χ1n) is 5.50. The molecule has 0 aliphatic heterocycles. The van der Waals surface area contributed by atoms with Crippen molar-refractivity contribution in [3.63, 3.8) is 0 Å². The minimum atomic E-state index is -0.317.